The van der Waals surface area contributed by atoms with Crippen molar-refractivity contribution >= 4 is 0 Å². The van der Waals surface area contributed by atoms with E-state index in [1.165, 1.54) is 25.9 Å². The number of nitrogens with two attached hydrogens (primary N) is 1. The van der Waals surface area contributed by atoms with Crippen LogP contribution in [0.5, 0.6) is 5.75 Å². The van der Waals surface area contributed by atoms with E-state index in [4.69, 9.17) is 10.5 Å². The zero-order chi connectivity index (χ0) is 14.5. The van der Waals surface area contributed by atoms with Crippen molar-refractivity contribution in [1.29, 1.82) is 0 Å². The van der Waals surface area contributed by atoms with E-state index >= 15 is 0 Å². The third kappa shape index (κ3) is 3.97. The molecule has 1 saturated heterocycles. The van der Waals surface area contributed by atoms with Crippen LogP contribution < -0.4 is 10.5 Å². The van der Waals surface area contributed by atoms with E-state index in [1.807, 2.05) is 18.2 Å². The number of hydrogen-bond donors (Lipinski definition) is 1. The van der Waals surface area contributed by atoms with E-state index in [1.54, 1.807) is 7.11 Å². The Morgan fingerprint density at radius 3 is 2.60 bits per heavy atom. The molecule has 0 aliphatic carbocycles. The molecule has 0 saturated carbocycles. The Hall–Kier alpha value is -1.06. The molecule has 20 heavy (non-hydrogen) atoms. The third-order valence-corrected chi connectivity index (χ3v) is 4.55. The van der Waals surface area contributed by atoms with Gasteiger partial charge in [0.15, 0.2) is 0 Å². The zero-order valence-electron chi connectivity index (χ0n) is 13.0. The molecule has 1 aliphatic rings. The van der Waals surface area contributed by atoms with Crippen molar-refractivity contribution in [3.05, 3.63) is 29.8 Å². The average molecular weight is 276 g/mol. The van der Waals surface area contributed by atoms with Gasteiger partial charge in [-0.1, -0.05) is 26.0 Å². The van der Waals surface area contributed by atoms with E-state index in [0.717, 1.165) is 29.7 Å². The molecule has 0 aromatic heterocycles. The van der Waals surface area contributed by atoms with Gasteiger partial charge in [-0.2, -0.15) is 0 Å². The highest BCUT2D eigenvalue weighted by molar-refractivity contribution is 5.30. The summed E-state index contributed by atoms with van der Waals surface area (Å²) < 4.78 is 5.27. The minimum atomic E-state index is 0.0701. The largest absolute Gasteiger partial charge is 0.497 e. The Morgan fingerprint density at radius 2 is 2.00 bits per heavy atom. The lowest BCUT2D eigenvalue weighted by Gasteiger charge is -2.35. The van der Waals surface area contributed by atoms with Gasteiger partial charge in [0.1, 0.15) is 5.75 Å². The van der Waals surface area contributed by atoms with Gasteiger partial charge in [0.25, 0.3) is 0 Å². The monoisotopic (exact) mass is 276 g/mol. The van der Waals surface area contributed by atoms with Crippen LogP contribution in [0, 0.1) is 11.8 Å². The molecule has 0 radical (unpaired) electrons. The van der Waals surface area contributed by atoms with E-state index in [-0.39, 0.29) is 6.04 Å². The van der Waals surface area contributed by atoms with Crippen LogP contribution in [-0.4, -0.2) is 31.6 Å². The summed E-state index contributed by atoms with van der Waals surface area (Å²) >= 11 is 0. The predicted molar refractivity (Wildman–Crippen MR) is 83.9 cm³/mol. The summed E-state index contributed by atoms with van der Waals surface area (Å²) in [5.74, 6) is 2.58. The summed E-state index contributed by atoms with van der Waals surface area (Å²) in [6.07, 6.45) is 2.62. The average Bonchev–Trinajstić information content (AvgIpc) is 2.47. The highest BCUT2D eigenvalue weighted by Gasteiger charge is 2.22. The molecule has 1 heterocycles. The molecule has 1 aromatic carbocycles. The van der Waals surface area contributed by atoms with Crippen molar-refractivity contribution in [1.82, 2.24) is 4.90 Å². The van der Waals surface area contributed by atoms with E-state index in [0.29, 0.717) is 0 Å². The van der Waals surface area contributed by atoms with Crippen LogP contribution in [-0.2, 0) is 0 Å². The lowest BCUT2D eigenvalue weighted by atomic mass is 9.86. The van der Waals surface area contributed by atoms with Gasteiger partial charge >= 0.3 is 0 Å². The lowest BCUT2D eigenvalue weighted by Crippen LogP contribution is -2.39. The molecule has 112 valence electrons. The smallest absolute Gasteiger partial charge is 0.119 e. The molecule has 1 unspecified atom stereocenters. The van der Waals surface area contributed by atoms with Gasteiger partial charge in [0, 0.05) is 12.6 Å². The topological polar surface area (TPSA) is 38.5 Å². The summed E-state index contributed by atoms with van der Waals surface area (Å²) in [6, 6.07) is 8.18. The number of benzene rings is 1. The molecule has 2 N–H and O–H groups in total. The number of ether oxygens (including phenoxy) is 1. The molecule has 0 spiro atoms. The maximum atomic E-state index is 6.35. The maximum absolute atomic E-state index is 6.35. The Kier molecular flexibility index (Phi) is 5.44. The molecule has 1 atom stereocenters. The second-order valence-electron chi connectivity index (χ2n) is 6.27. The number of likely N-dealkylation sites (tertiary alicyclic amines) is 1. The third-order valence-electron chi connectivity index (χ3n) is 4.55. The van der Waals surface area contributed by atoms with Crippen molar-refractivity contribution in [2.45, 2.75) is 32.7 Å². The van der Waals surface area contributed by atoms with E-state index < -0.39 is 0 Å². The molecule has 0 bridgehead atoms. The fourth-order valence-electron chi connectivity index (χ4n) is 3.06. The van der Waals surface area contributed by atoms with Gasteiger partial charge in [-0.3, -0.25) is 0 Å². The summed E-state index contributed by atoms with van der Waals surface area (Å²) in [5.41, 5.74) is 7.51. The van der Waals surface area contributed by atoms with Crippen LogP contribution >= 0.6 is 0 Å². The number of methoxy groups -OCH3 is 1. The number of nitrogens with zero attached hydrogens (tertiary/aromatic N) is 1. The van der Waals surface area contributed by atoms with E-state index in [2.05, 4.69) is 24.8 Å². The Morgan fingerprint density at radius 1 is 1.30 bits per heavy atom. The van der Waals surface area contributed by atoms with Gasteiger partial charge in [0.2, 0.25) is 0 Å². The van der Waals surface area contributed by atoms with E-state index in [9.17, 15) is 0 Å². The summed E-state index contributed by atoms with van der Waals surface area (Å²) in [4.78, 5) is 2.50. The lowest BCUT2D eigenvalue weighted by molar-refractivity contribution is 0.151. The van der Waals surface area contributed by atoms with Gasteiger partial charge in [0.05, 0.1) is 7.11 Å². The predicted octanol–water partition coefficient (Wildman–Crippen LogP) is 3.06. The Balaban J connectivity index is 1.87. The normalized spacial score (nSPS) is 19.2. The number of piperidine rings is 1. The Bertz CT molecular complexity index is 411. The quantitative estimate of drug-likeness (QED) is 0.898. The van der Waals surface area contributed by atoms with Gasteiger partial charge < -0.3 is 15.4 Å². The van der Waals surface area contributed by atoms with Crippen LogP contribution in [0.2, 0.25) is 0 Å². The SMILES string of the molecule is COc1cccc(C(N)CN2CCC(C(C)C)CC2)c1. The van der Waals surface area contributed by atoms with Gasteiger partial charge in [-0.05, 0) is 55.5 Å². The van der Waals surface area contributed by atoms with Crippen LogP contribution in [0.15, 0.2) is 24.3 Å². The van der Waals surface area contributed by atoms with Crippen LogP contribution in [0.3, 0.4) is 0 Å². The minimum Gasteiger partial charge on any atom is -0.497 e. The highest BCUT2D eigenvalue weighted by atomic mass is 16.5. The molecule has 2 rings (SSSR count). The van der Waals surface area contributed by atoms with Crippen LogP contribution in [0.1, 0.15) is 38.3 Å². The van der Waals surface area contributed by atoms with Gasteiger partial charge in [-0.25, -0.2) is 0 Å². The molecule has 1 fully saturated rings. The molecule has 1 aromatic rings. The first-order chi connectivity index (χ1) is 9.60. The fourth-order valence-corrected chi connectivity index (χ4v) is 3.06. The highest BCUT2D eigenvalue weighted by Crippen LogP contribution is 2.26. The summed E-state index contributed by atoms with van der Waals surface area (Å²) in [7, 11) is 1.70. The zero-order valence-corrected chi connectivity index (χ0v) is 13.0. The van der Waals surface area contributed by atoms with Crippen LogP contribution in [0.25, 0.3) is 0 Å². The minimum absolute atomic E-state index is 0.0701. The first-order valence-corrected chi connectivity index (χ1v) is 7.72. The molecule has 0 amide bonds. The second-order valence-corrected chi connectivity index (χ2v) is 6.27. The summed E-state index contributed by atoms with van der Waals surface area (Å²) in [5, 5.41) is 0. The Labute approximate surface area is 123 Å². The first kappa shape index (κ1) is 15.3. The first-order valence-electron chi connectivity index (χ1n) is 7.72. The number of hydrogen-bond acceptors (Lipinski definition) is 3. The summed E-state index contributed by atoms with van der Waals surface area (Å²) in [6.45, 7) is 7.98. The maximum Gasteiger partial charge on any atom is 0.119 e. The standard InChI is InChI=1S/C17H28N2O/c1-13(2)14-7-9-19(10-8-14)12-17(18)15-5-4-6-16(11-15)20-3/h4-6,11,13-14,17H,7-10,12,18H2,1-3H3. The second kappa shape index (κ2) is 7.09. The molecular formula is C17H28N2O. The number of rotatable bonds is 5. The molecule has 1 aliphatic heterocycles. The molecular weight excluding hydrogens is 248 g/mol. The van der Waals surface area contributed by atoms with Crippen molar-refractivity contribution in [3.8, 4) is 5.75 Å². The van der Waals surface area contributed by atoms with Crippen LogP contribution in [0.4, 0.5) is 0 Å². The molecule has 3 nitrogen and oxygen atoms in total. The molecule has 3 heteroatoms. The van der Waals surface area contributed by atoms with Gasteiger partial charge in [-0.15, -0.1) is 0 Å². The van der Waals surface area contributed by atoms with Crippen molar-refractivity contribution in [3.63, 3.8) is 0 Å². The van der Waals surface area contributed by atoms with Crippen molar-refractivity contribution in [2.24, 2.45) is 17.6 Å². The van der Waals surface area contributed by atoms with Crippen molar-refractivity contribution < 1.29 is 4.74 Å². The fraction of sp³-hybridized carbons (Fsp3) is 0.647. The van der Waals surface area contributed by atoms with Crippen molar-refractivity contribution in [2.75, 3.05) is 26.7 Å².